The molecule has 1 atom stereocenters. The van der Waals surface area contributed by atoms with E-state index in [1.165, 1.54) is 0 Å². The van der Waals surface area contributed by atoms with Gasteiger partial charge in [-0.05, 0) is 55.7 Å². The molecule has 0 aliphatic carbocycles. The molecule has 0 fully saturated rings. The van der Waals surface area contributed by atoms with Crippen molar-refractivity contribution >= 4 is 11.4 Å². The summed E-state index contributed by atoms with van der Waals surface area (Å²) in [5.41, 5.74) is 3.63. The van der Waals surface area contributed by atoms with E-state index in [4.69, 9.17) is 0 Å². The molecular weight excluding hydrogens is 254 g/mol. The van der Waals surface area contributed by atoms with E-state index in [-0.39, 0.29) is 16.7 Å². The van der Waals surface area contributed by atoms with Crippen molar-refractivity contribution in [2.75, 3.05) is 5.32 Å². The zero-order valence-corrected chi connectivity index (χ0v) is 11.8. The Morgan fingerprint density at radius 1 is 1.20 bits per heavy atom. The lowest BCUT2D eigenvalue weighted by molar-refractivity contribution is -0.384. The summed E-state index contributed by atoms with van der Waals surface area (Å²) in [5, 5.41) is 14.4. The van der Waals surface area contributed by atoms with Crippen LogP contribution in [0, 0.1) is 24.0 Å². The number of aryl methyl sites for hydroxylation is 2. The van der Waals surface area contributed by atoms with Crippen molar-refractivity contribution in [1.82, 2.24) is 4.98 Å². The third kappa shape index (κ3) is 2.93. The van der Waals surface area contributed by atoms with Gasteiger partial charge in [0.15, 0.2) is 0 Å². The monoisotopic (exact) mass is 271 g/mol. The van der Waals surface area contributed by atoms with Gasteiger partial charge in [-0.25, -0.2) is 0 Å². The Kier molecular flexibility index (Phi) is 3.98. The molecule has 0 saturated carbocycles. The molecule has 1 N–H and O–H groups in total. The topological polar surface area (TPSA) is 68.1 Å². The highest BCUT2D eigenvalue weighted by molar-refractivity contribution is 5.65. The normalized spacial score (nSPS) is 11.9. The van der Waals surface area contributed by atoms with Gasteiger partial charge in [-0.1, -0.05) is 0 Å². The van der Waals surface area contributed by atoms with E-state index >= 15 is 0 Å². The molecule has 1 aromatic carbocycles. The van der Waals surface area contributed by atoms with Crippen LogP contribution in [0.4, 0.5) is 11.4 Å². The van der Waals surface area contributed by atoms with E-state index in [1.807, 2.05) is 39.0 Å². The summed E-state index contributed by atoms with van der Waals surface area (Å²) in [6, 6.07) is 7.19. The highest BCUT2D eigenvalue weighted by atomic mass is 16.6. The number of pyridine rings is 1. The van der Waals surface area contributed by atoms with Gasteiger partial charge in [0, 0.05) is 24.5 Å². The molecule has 1 heterocycles. The molecule has 1 unspecified atom stereocenters. The van der Waals surface area contributed by atoms with Crippen molar-refractivity contribution < 1.29 is 4.92 Å². The van der Waals surface area contributed by atoms with E-state index in [0.29, 0.717) is 5.69 Å². The van der Waals surface area contributed by atoms with Crippen LogP contribution in [-0.4, -0.2) is 9.91 Å². The SMILES string of the molecule is Cc1cc(NC(C)c2ccncc2)c([N+](=O)[O-])cc1C. The predicted octanol–water partition coefficient (Wildman–Crippen LogP) is 3.78. The Balaban J connectivity index is 2.33. The molecule has 0 saturated heterocycles. The molecule has 0 aliphatic rings. The first-order chi connectivity index (χ1) is 9.49. The highest BCUT2D eigenvalue weighted by Gasteiger charge is 2.17. The number of rotatable bonds is 4. The van der Waals surface area contributed by atoms with Crippen LogP contribution in [0.25, 0.3) is 0 Å². The van der Waals surface area contributed by atoms with Gasteiger partial charge in [-0.2, -0.15) is 0 Å². The van der Waals surface area contributed by atoms with Crippen LogP contribution in [0.2, 0.25) is 0 Å². The van der Waals surface area contributed by atoms with Gasteiger partial charge < -0.3 is 5.32 Å². The second-order valence-electron chi connectivity index (χ2n) is 4.86. The summed E-state index contributed by atoms with van der Waals surface area (Å²) in [6.07, 6.45) is 3.42. The maximum atomic E-state index is 11.2. The average Bonchev–Trinajstić information content (AvgIpc) is 2.43. The molecule has 0 amide bonds. The Labute approximate surface area is 117 Å². The number of nitrogens with zero attached hydrogens (tertiary/aromatic N) is 2. The van der Waals surface area contributed by atoms with Crippen LogP contribution in [-0.2, 0) is 0 Å². The van der Waals surface area contributed by atoms with Gasteiger partial charge >= 0.3 is 0 Å². The number of hydrogen-bond donors (Lipinski definition) is 1. The summed E-state index contributed by atoms with van der Waals surface area (Å²) >= 11 is 0. The average molecular weight is 271 g/mol. The number of benzene rings is 1. The van der Waals surface area contributed by atoms with Gasteiger partial charge in [0.25, 0.3) is 5.69 Å². The number of anilines is 1. The number of nitrogens with one attached hydrogen (secondary N) is 1. The van der Waals surface area contributed by atoms with Gasteiger partial charge in [0.2, 0.25) is 0 Å². The van der Waals surface area contributed by atoms with Crippen molar-refractivity contribution in [3.8, 4) is 0 Å². The van der Waals surface area contributed by atoms with Crippen molar-refractivity contribution in [3.63, 3.8) is 0 Å². The number of hydrogen-bond acceptors (Lipinski definition) is 4. The molecule has 2 rings (SSSR count). The lowest BCUT2D eigenvalue weighted by Gasteiger charge is -2.16. The number of nitro groups is 1. The van der Waals surface area contributed by atoms with Gasteiger partial charge in [-0.3, -0.25) is 15.1 Å². The van der Waals surface area contributed by atoms with E-state index in [0.717, 1.165) is 16.7 Å². The second-order valence-corrected chi connectivity index (χ2v) is 4.86. The lowest BCUT2D eigenvalue weighted by Crippen LogP contribution is -2.09. The lowest BCUT2D eigenvalue weighted by atomic mass is 10.1. The van der Waals surface area contributed by atoms with Crippen LogP contribution >= 0.6 is 0 Å². The van der Waals surface area contributed by atoms with Crippen LogP contribution in [0.5, 0.6) is 0 Å². The standard InChI is InChI=1S/C15H17N3O2/c1-10-8-14(15(18(19)20)9-11(10)2)17-12(3)13-4-6-16-7-5-13/h4-9,12,17H,1-3H3. The quantitative estimate of drug-likeness (QED) is 0.678. The number of aromatic nitrogens is 1. The molecule has 0 spiro atoms. The summed E-state index contributed by atoms with van der Waals surface area (Å²) in [7, 11) is 0. The fraction of sp³-hybridized carbons (Fsp3) is 0.267. The van der Waals surface area contributed by atoms with Crippen molar-refractivity contribution in [2.24, 2.45) is 0 Å². The maximum Gasteiger partial charge on any atom is 0.292 e. The zero-order valence-electron chi connectivity index (χ0n) is 11.8. The first kappa shape index (κ1) is 14.0. The van der Waals surface area contributed by atoms with Crippen LogP contribution in [0.1, 0.15) is 29.7 Å². The summed E-state index contributed by atoms with van der Waals surface area (Å²) < 4.78 is 0. The maximum absolute atomic E-state index is 11.2. The molecule has 0 bridgehead atoms. The Hall–Kier alpha value is -2.43. The second kappa shape index (κ2) is 5.69. The number of nitro benzene ring substituents is 1. The van der Waals surface area contributed by atoms with E-state index in [1.54, 1.807) is 18.5 Å². The molecule has 104 valence electrons. The fourth-order valence-electron chi connectivity index (χ4n) is 2.04. The minimum Gasteiger partial charge on any atom is -0.373 e. The predicted molar refractivity (Wildman–Crippen MR) is 78.8 cm³/mol. The molecule has 2 aromatic rings. The Morgan fingerprint density at radius 2 is 1.80 bits per heavy atom. The zero-order chi connectivity index (χ0) is 14.7. The van der Waals surface area contributed by atoms with Crippen molar-refractivity contribution in [1.29, 1.82) is 0 Å². The molecular formula is C15H17N3O2. The minimum atomic E-state index is -0.353. The summed E-state index contributed by atoms with van der Waals surface area (Å²) in [4.78, 5) is 14.8. The van der Waals surface area contributed by atoms with Gasteiger partial charge in [0.1, 0.15) is 5.69 Å². The van der Waals surface area contributed by atoms with E-state index < -0.39 is 0 Å². The summed E-state index contributed by atoms with van der Waals surface area (Å²) in [5.74, 6) is 0. The van der Waals surface area contributed by atoms with Crippen molar-refractivity contribution in [2.45, 2.75) is 26.8 Å². The first-order valence-electron chi connectivity index (χ1n) is 6.41. The third-order valence-electron chi connectivity index (χ3n) is 3.39. The van der Waals surface area contributed by atoms with Crippen LogP contribution < -0.4 is 5.32 Å². The Morgan fingerprint density at radius 3 is 2.40 bits per heavy atom. The van der Waals surface area contributed by atoms with Gasteiger partial charge in [-0.15, -0.1) is 0 Å². The molecule has 1 aromatic heterocycles. The van der Waals surface area contributed by atoms with E-state index in [9.17, 15) is 10.1 Å². The third-order valence-corrected chi connectivity index (χ3v) is 3.39. The fourth-order valence-corrected chi connectivity index (χ4v) is 2.04. The van der Waals surface area contributed by atoms with Crippen LogP contribution in [0.15, 0.2) is 36.7 Å². The molecule has 0 aliphatic heterocycles. The Bertz CT molecular complexity index is 627. The van der Waals surface area contributed by atoms with E-state index in [2.05, 4.69) is 10.3 Å². The largest absolute Gasteiger partial charge is 0.373 e. The smallest absolute Gasteiger partial charge is 0.292 e. The molecule has 0 radical (unpaired) electrons. The van der Waals surface area contributed by atoms with Gasteiger partial charge in [0.05, 0.1) is 4.92 Å². The molecule has 5 nitrogen and oxygen atoms in total. The van der Waals surface area contributed by atoms with Crippen LogP contribution in [0.3, 0.4) is 0 Å². The first-order valence-corrected chi connectivity index (χ1v) is 6.41. The minimum absolute atomic E-state index is 0.0289. The van der Waals surface area contributed by atoms with Crippen molar-refractivity contribution in [3.05, 3.63) is 63.5 Å². The molecule has 20 heavy (non-hydrogen) atoms. The highest BCUT2D eigenvalue weighted by Crippen LogP contribution is 2.30. The summed E-state index contributed by atoms with van der Waals surface area (Å²) in [6.45, 7) is 5.79. The molecule has 5 heteroatoms.